The zero-order chi connectivity index (χ0) is 10.2. The van der Waals surface area contributed by atoms with Crippen LogP contribution in [0, 0.1) is 0 Å². The Balaban J connectivity index is 2.07. The van der Waals surface area contributed by atoms with Gasteiger partial charge in [0, 0.05) is 12.8 Å². The molecule has 2 atom stereocenters. The lowest BCUT2D eigenvalue weighted by atomic mass is 10.00. The number of nitrogens with zero attached hydrogens (tertiary/aromatic N) is 1. The van der Waals surface area contributed by atoms with Crippen LogP contribution in [0.4, 0.5) is 0 Å². The molecule has 2 aliphatic heterocycles. The first-order chi connectivity index (χ1) is 6.69. The van der Waals surface area contributed by atoms with E-state index in [1.54, 1.807) is 11.8 Å². The van der Waals surface area contributed by atoms with Gasteiger partial charge in [0.15, 0.2) is 0 Å². The first-order valence-electron chi connectivity index (χ1n) is 4.88. The summed E-state index contributed by atoms with van der Waals surface area (Å²) in [6, 6.07) is 0. The van der Waals surface area contributed by atoms with Crippen LogP contribution >= 0.6 is 11.8 Å². The predicted molar refractivity (Wildman–Crippen MR) is 55.7 cm³/mol. The first-order valence-corrected chi connectivity index (χ1v) is 6.16. The Bertz CT molecular complexity index is 235. The van der Waals surface area contributed by atoms with Crippen LogP contribution in [0.15, 0.2) is 0 Å². The highest BCUT2D eigenvalue weighted by Crippen LogP contribution is 2.40. The summed E-state index contributed by atoms with van der Waals surface area (Å²) in [7, 11) is 1.92. The smallest absolute Gasteiger partial charge is 0.306 e. The minimum atomic E-state index is -0.201. The summed E-state index contributed by atoms with van der Waals surface area (Å²) in [6.07, 6.45) is 4.49. The summed E-state index contributed by atoms with van der Waals surface area (Å²) in [5, 5.41) is 2.58. The molecule has 0 aromatic heterocycles. The molecule has 80 valence electrons. The van der Waals surface area contributed by atoms with E-state index in [1.165, 1.54) is 0 Å². The fourth-order valence-corrected chi connectivity index (χ4v) is 3.17. The second-order valence-electron chi connectivity index (χ2n) is 3.90. The molecule has 2 saturated heterocycles. The van der Waals surface area contributed by atoms with Gasteiger partial charge in [0.2, 0.25) is 0 Å². The van der Waals surface area contributed by atoms with Crippen LogP contribution in [-0.4, -0.2) is 41.8 Å². The van der Waals surface area contributed by atoms with Crippen LogP contribution < -0.4 is 5.43 Å². The van der Waals surface area contributed by atoms with E-state index in [-0.39, 0.29) is 11.6 Å². The Hall–Kier alpha value is -0.260. The fourth-order valence-electron chi connectivity index (χ4n) is 2.27. The summed E-state index contributed by atoms with van der Waals surface area (Å²) in [5.74, 6) is -0.0391. The number of thioether (sulfide) groups is 1. The van der Waals surface area contributed by atoms with Crippen LogP contribution in [-0.2, 0) is 9.53 Å². The average Bonchev–Trinajstić information content (AvgIpc) is 2.71. The van der Waals surface area contributed by atoms with E-state index in [0.717, 1.165) is 19.4 Å². The molecule has 2 unspecified atom stereocenters. The molecule has 0 bridgehead atoms. The van der Waals surface area contributed by atoms with E-state index in [2.05, 4.69) is 16.7 Å². The first kappa shape index (κ1) is 10.3. The summed E-state index contributed by atoms with van der Waals surface area (Å²) in [6.45, 7) is 0.820. The second-order valence-corrected chi connectivity index (χ2v) is 4.92. The van der Waals surface area contributed by atoms with E-state index in [9.17, 15) is 4.79 Å². The van der Waals surface area contributed by atoms with Crippen molar-refractivity contribution in [3.8, 4) is 0 Å². The number of hydrazine groups is 1. The van der Waals surface area contributed by atoms with E-state index >= 15 is 0 Å². The number of carbonyl (C=O) groups excluding carboxylic acids is 1. The van der Waals surface area contributed by atoms with Gasteiger partial charge in [-0.25, -0.2) is 5.01 Å². The second kappa shape index (κ2) is 3.72. The van der Waals surface area contributed by atoms with Crippen molar-refractivity contribution in [2.45, 2.75) is 30.2 Å². The zero-order valence-electron chi connectivity index (χ0n) is 8.58. The zero-order valence-corrected chi connectivity index (χ0v) is 9.39. The minimum absolute atomic E-state index is 0.0391. The predicted octanol–water partition coefficient (Wildman–Crippen LogP) is 0.591. The number of carbonyl (C=O) groups is 1. The summed E-state index contributed by atoms with van der Waals surface area (Å²) < 4.78 is 5.44. The quantitative estimate of drug-likeness (QED) is 0.684. The van der Waals surface area contributed by atoms with Gasteiger partial charge in [-0.2, -0.15) is 0 Å². The minimum Gasteiger partial charge on any atom is -0.458 e. The number of esters is 1. The van der Waals surface area contributed by atoms with E-state index in [0.29, 0.717) is 11.8 Å². The van der Waals surface area contributed by atoms with Crippen molar-refractivity contribution in [1.29, 1.82) is 0 Å². The van der Waals surface area contributed by atoms with Gasteiger partial charge in [0.25, 0.3) is 0 Å². The lowest BCUT2D eigenvalue weighted by Crippen LogP contribution is -2.40. The SMILES string of the molecule is CNN1CC2(CCC(=O)O2)CC1SC. The van der Waals surface area contributed by atoms with Gasteiger partial charge in [0.05, 0.1) is 11.9 Å². The highest BCUT2D eigenvalue weighted by Gasteiger charge is 2.49. The normalized spacial score (nSPS) is 38.1. The third kappa shape index (κ3) is 1.64. The molecule has 14 heavy (non-hydrogen) atoms. The molecule has 0 aliphatic carbocycles. The Labute approximate surface area is 88.3 Å². The Morgan fingerprint density at radius 3 is 2.93 bits per heavy atom. The molecule has 2 heterocycles. The van der Waals surface area contributed by atoms with Crippen LogP contribution in [0.5, 0.6) is 0 Å². The van der Waals surface area contributed by atoms with Crippen LogP contribution in [0.3, 0.4) is 0 Å². The van der Waals surface area contributed by atoms with Gasteiger partial charge >= 0.3 is 5.97 Å². The third-order valence-corrected chi connectivity index (χ3v) is 3.99. The molecule has 0 aromatic rings. The molecule has 1 spiro atoms. The lowest BCUT2D eigenvalue weighted by Gasteiger charge is -2.22. The maximum absolute atomic E-state index is 11.1. The van der Waals surface area contributed by atoms with Crippen LogP contribution in [0.25, 0.3) is 0 Å². The number of hydrogen-bond donors (Lipinski definition) is 1. The highest BCUT2D eigenvalue weighted by atomic mass is 32.2. The van der Waals surface area contributed by atoms with Gasteiger partial charge < -0.3 is 4.74 Å². The molecule has 1 N–H and O–H groups in total. The number of ether oxygens (including phenoxy) is 1. The average molecular weight is 216 g/mol. The number of rotatable bonds is 2. The summed E-state index contributed by atoms with van der Waals surface area (Å²) in [5.41, 5.74) is 2.95. The molecule has 4 nitrogen and oxygen atoms in total. The molecule has 0 amide bonds. The number of nitrogens with one attached hydrogen (secondary N) is 1. The molecule has 0 aromatic carbocycles. The maximum Gasteiger partial charge on any atom is 0.306 e. The summed E-state index contributed by atoms with van der Waals surface area (Å²) >= 11 is 1.80. The van der Waals surface area contributed by atoms with E-state index < -0.39 is 0 Å². The molecule has 0 radical (unpaired) electrons. The van der Waals surface area contributed by atoms with Gasteiger partial charge in [-0.05, 0) is 19.7 Å². The molecule has 2 fully saturated rings. The van der Waals surface area contributed by atoms with Crippen molar-refractivity contribution >= 4 is 17.7 Å². The standard InChI is InChI=1S/C9H16N2O2S/c1-10-11-6-9(5-7(11)14-2)4-3-8(12)13-9/h7,10H,3-6H2,1-2H3. The van der Waals surface area contributed by atoms with E-state index in [4.69, 9.17) is 4.74 Å². The molecular formula is C9H16N2O2S. The van der Waals surface area contributed by atoms with Gasteiger partial charge in [-0.3, -0.25) is 10.2 Å². The van der Waals surface area contributed by atoms with Gasteiger partial charge in [-0.15, -0.1) is 11.8 Å². The fraction of sp³-hybridized carbons (Fsp3) is 0.889. The van der Waals surface area contributed by atoms with Crippen molar-refractivity contribution < 1.29 is 9.53 Å². The van der Waals surface area contributed by atoms with Crippen molar-refractivity contribution in [3.05, 3.63) is 0 Å². The molecular weight excluding hydrogens is 200 g/mol. The highest BCUT2D eigenvalue weighted by molar-refractivity contribution is 7.99. The van der Waals surface area contributed by atoms with Crippen LogP contribution in [0.2, 0.25) is 0 Å². The van der Waals surface area contributed by atoms with Crippen molar-refractivity contribution in [1.82, 2.24) is 10.4 Å². The monoisotopic (exact) mass is 216 g/mol. The van der Waals surface area contributed by atoms with Crippen molar-refractivity contribution in [2.24, 2.45) is 0 Å². The molecule has 2 aliphatic rings. The Kier molecular flexibility index (Phi) is 2.72. The lowest BCUT2D eigenvalue weighted by molar-refractivity contribution is -0.147. The largest absolute Gasteiger partial charge is 0.458 e. The Morgan fingerprint density at radius 1 is 1.71 bits per heavy atom. The topological polar surface area (TPSA) is 41.6 Å². The Morgan fingerprint density at radius 2 is 2.50 bits per heavy atom. The van der Waals surface area contributed by atoms with E-state index in [1.807, 2.05) is 7.05 Å². The molecule has 0 saturated carbocycles. The molecule has 5 heteroatoms. The maximum atomic E-state index is 11.1. The number of hydrogen-bond acceptors (Lipinski definition) is 5. The molecule has 2 rings (SSSR count). The van der Waals surface area contributed by atoms with Crippen molar-refractivity contribution in [3.63, 3.8) is 0 Å². The van der Waals surface area contributed by atoms with Gasteiger partial charge in [-0.1, -0.05) is 0 Å². The van der Waals surface area contributed by atoms with Gasteiger partial charge in [0.1, 0.15) is 5.60 Å². The van der Waals surface area contributed by atoms with Crippen LogP contribution in [0.1, 0.15) is 19.3 Å². The van der Waals surface area contributed by atoms with Crippen molar-refractivity contribution in [2.75, 3.05) is 19.8 Å². The third-order valence-electron chi connectivity index (χ3n) is 3.03. The summed E-state index contributed by atoms with van der Waals surface area (Å²) in [4.78, 5) is 11.1.